The third kappa shape index (κ3) is 4.38. The summed E-state index contributed by atoms with van der Waals surface area (Å²) in [7, 11) is 1.78. The number of carbonyl (C=O) groups is 2. The lowest BCUT2D eigenvalue weighted by Crippen LogP contribution is -2.36. The summed E-state index contributed by atoms with van der Waals surface area (Å²) in [5.41, 5.74) is 2.47. The van der Waals surface area contributed by atoms with Gasteiger partial charge in [0.05, 0.1) is 17.1 Å². The predicted octanol–water partition coefficient (Wildman–Crippen LogP) is 3.47. The van der Waals surface area contributed by atoms with Gasteiger partial charge in [-0.25, -0.2) is 14.6 Å². The molecule has 2 amide bonds. The van der Waals surface area contributed by atoms with Crippen LogP contribution in [0.1, 0.15) is 23.1 Å². The van der Waals surface area contributed by atoms with Gasteiger partial charge in [-0.2, -0.15) is 0 Å². The zero-order valence-electron chi connectivity index (χ0n) is 19.4. The molecular weight excluding hydrogens is 470 g/mol. The molecule has 0 saturated carbocycles. The van der Waals surface area contributed by atoms with E-state index in [-0.39, 0.29) is 28.6 Å². The van der Waals surface area contributed by atoms with E-state index in [1.165, 1.54) is 20.9 Å². The highest BCUT2D eigenvalue weighted by atomic mass is 32.2. The zero-order valence-corrected chi connectivity index (χ0v) is 21.0. The number of amidine groups is 1. The Morgan fingerprint density at radius 2 is 1.91 bits per heavy atom. The Morgan fingerprint density at radius 3 is 2.56 bits per heavy atom. The maximum absolute atomic E-state index is 13.6. The number of anilines is 1. The van der Waals surface area contributed by atoms with Crippen molar-refractivity contribution in [2.45, 2.75) is 20.8 Å². The number of hydrogen-bond donors (Lipinski definition) is 1. The number of thiophene rings is 1. The van der Waals surface area contributed by atoms with Crippen LogP contribution in [0.15, 0.2) is 57.3 Å². The normalized spacial score (nSPS) is 14.7. The molecule has 0 spiro atoms. The molecule has 34 heavy (non-hydrogen) atoms. The Kier molecular flexibility index (Phi) is 6.90. The van der Waals surface area contributed by atoms with E-state index in [1.54, 1.807) is 24.7 Å². The first-order valence-electron chi connectivity index (χ1n) is 10.8. The molecule has 0 saturated heterocycles. The molecule has 1 aliphatic heterocycles. The molecular formula is C24H25N5O3S2. The highest BCUT2D eigenvalue weighted by Gasteiger charge is 2.37. The molecule has 0 aliphatic carbocycles. The van der Waals surface area contributed by atoms with Crippen LogP contribution in [0, 0.1) is 13.8 Å². The average molecular weight is 496 g/mol. The fourth-order valence-corrected chi connectivity index (χ4v) is 5.32. The Bertz CT molecular complexity index is 1360. The molecule has 176 valence electrons. The molecule has 0 unspecified atom stereocenters. The fourth-order valence-electron chi connectivity index (χ4n) is 3.64. The number of hydrogen-bond acceptors (Lipinski definition) is 6. The molecule has 1 aliphatic rings. The number of nitrogens with zero attached hydrogens (tertiary/aromatic N) is 4. The fraction of sp³-hybridized carbons (Fsp3) is 0.250. The van der Waals surface area contributed by atoms with Gasteiger partial charge in [0.1, 0.15) is 11.4 Å². The van der Waals surface area contributed by atoms with Crippen molar-refractivity contribution in [3.8, 4) is 5.69 Å². The second-order valence-corrected chi connectivity index (χ2v) is 9.57. The van der Waals surface area contributed by atoms with E-state index in [1.807, 2.05) is 55.6 Å². The Hall–Kier alpha value is -3.37. The van der Waals surface area contributed by atoms with Gasteiger partial charge in [-0.3, -0.25) is 19.1 Å². The zero-order chi connectivity index (χ0) is 24.4. The number of nitrogens with one attached hydrogen (secondary N) is 1. The molecule has 4 rings (SSSR count). The van der Waals surface area contributed by atoms with Gasteiger partial charge < -0.3 is 5.32 Å². The van der Waals surface area contributed by atoms with Gasteiger partial charge in [0.25, 0.3) is 11.5 Å². The highest BCUT2D eigenvalue weighted by Crippen LogP contribution is 2.31. The van der Waals surface area contributed by atoms with Crippen LogP contribution in [-0.4, -0.2) is 38.6 Å². The van der Waals surface area contributed by atoms with E-state index < -0.39 is 5.91 Å². The molecule has 1 aromatic carbocycles. The van der Waals surface area contributed by atoms with Crippen molar-refractivity contribution in [2.75, 3.05) is 17.2 Å². The van der Waals surface area contributed by atoms with Crippen molar-refractivity contribution in [3.05, 3.63) is 74.0 Å². The van der Waals surface area contributed by atoms with Gasteiger partial charge in [-0.05, 0) is 56.0 Å². The number of para-hydroxylation sites is 1. The van der Waals surface area contributed by atoms with Gasteiger partial charge in [-0.15, -0.1) is 11.3 Å². The SMILES string of the molecule is CCNC(=O)CSC1=N/C(=C\c2sccc2C)C(=O)N1c1c(C)n(C)n(-c2ccccc2)c1=O. The molecule has 1 N–H and O–H groups in total. The van der Waals surface area contributed by atoms with Crippen molar-refractivity contribution in [3.63, 3.8) is 0 Å². The summed E-state index contributed by atoms with van der Waals surface area (Å²) < 4.78 is 3.24. The number of rotatable bonds is 6. The van der Waals surface area contributed by atoms with Gasteiger partial charge in [-0.1, -0.05) is 30.0 Å². The number of benzene rings is 1. The molecule has 2 aromatic heterocycles. The molecule has 8 nitrogen and oxygen atoms in total. The minimum atomic E-state index is -0.391. The first-order valence-corrected chi connectivity index (χ1v) is 12.6. The highest BCUT2D eigenvalue weighted by molar-refractivity contribution is 8.14. The second kappa shape index (κ2) is 9.86. The first-order chi connectivity index (χ1) is 16.3. The lowest BCUT2D eigenvalue weighted by Gasteiger charge is -2.16. The van der Waals surface area contributed by atoms with E-state index in [0.29, 0.717) is 23.1 Å². The number of carbonyl (C=O) groups excluding carboxylic acids is 2. The molecule has 0 radical (unpaired) electrons. The monoisotopic (exact) mass is 495 g/mol. The summed E-state index contributed by atoms with van der Waals surface area (Å²) in [5, 5.41) is 5.01. The largest absolute Gasteiger partial charge is 0.356 e. The van der Waals surface area contributed by atoms with Crippen molar-refractivity contribution in [1.29, 1.82) is 0 Å². The Balaban J connectivity index is 1.80. The molecule has 0 atom stereocenters. The topological polar surface area (TPSA) is 88.7 Å². The summed E-state index contributed by atoms with van der Waals surface area (Å²) in [6.07, 6.45) is 1.74. The second-order valence-electron chi connectivity index (χ2n) is 7.68. The van der Waals surface area contributed by atoms with Crippen molar-refractivity contribution >= 4 is 51.8 Å². The Labute approximate surface area is 205 Å². The van der Waals surface area contributed by atoms with Crippen LogP contribution >= 0.6 is 23.1 Å². The van der Waals surface area contributed by atoms with E-state index in [2.05, 4.69) is 10.3 Å². The third-order valence-electron chi connectivity index (χ3n) is 5.45. The lowest BCUT2D eigenvalue weighted by molar-refractivity contribution is -0.118. The molecule has 0 fully saturated rings. The molecule has 10 heteroatoms. The minimum Gasteiger partial charge on any atom is -0.356 e. The number of aromatic nitrogens is 2. The van der Waals surface area contributed by atoms with Crippen molar-refractivity contribution in [1.82, 2.24) is 14.7 Å². The number of aryl methyl sites for hydroxylation is 1. The minimum absolute atomic E-state index is 0.0838. The lowest BCUT2D eigenvalue weighted by atomic mass is 10.2. The summed E-state index contributed by atoms with van der Waals surface area (Å²) in [5.74, 6) is -0.474. The van der Waals surface area contributed by atoms with E-state index in [9.17, 15) is 14.4 Å². The number of aliphatic imine (C=N–C) groups is 1. The number of thioether (sulfide) groups is 1. The van der Waals surface area contributed by atoms with Crippen LogP contribution in [-0.2, 0) is 16.6 Å². The first kappa shape index (κ1) is 23.8. The van der Waals surface area contributed by atoms with Gasteiger partial charge in [0.2, 0.25) is 5.91 Å². The van der Waals surface area contributed by atoms with E-state index >= 15 is 0 Å². The quantitative estimate of drug-likeness (QED) is 0.531. The average Bonchev–Trinajstić information content (AvgIpc) is 3.43. The summed E-state index contributed by atoms with van der Waals surface area (Å²) >= 11 is 2.65. The smallest absolute Gasteiger partial charge is 0.296 e. The van der Waals surface area contributed by atoms with Crippen LogP contribution in [0.25, 0.3) is 11.8 Å². The molecule has 3 heterocycles. The number of amides is 2. The standard InChI is InChI=1S/C24H25N5O3S2/c1-5-25-20(30)14-34-24-26-18(13-19-15(2)11-12-33-19)22(31)28(24)21-16(3)27(4)29(23(21)32)17-9-7-6-8-10-17/h6-13H,5,14H2,1-4H3,(H,25,30)/b18-13-. The summed E-state index contributed by atoms with van der Waals surface area (Å²) in [6, 6.07) is 11.2. The Morgan fingerprint density at radius 1 is 1.18 bits per heavy atom. The van der Waals surface area contributed by atoms with Crippen LogP contribution in [0.4, 0.5) is 5.69 Å². The van der Waals surface area contributed by atoms with Crippen molar-refractivity contribution < 1.29 is 9.59 Å². The van der Waals surface area contributed by atoms with E-state index in [4.69, 9.17) is 0 Å². The van der Waals surface area contributed by atoms with E-state index in [0.717, 1.165) is 22.2 Å². The van der Waals surface area contributed by atoms with Gasteiger partial charge in [0.15, 0.2) is 5.17 Å². The molecule has 3 aromatic rings. The maximum atomic E-state index is 13.6. The summed E-state index contributed by atoms with van der Waals surface area (Å²) in [4.78, 5) is 46.1. The van der Waals surface area contributed by atoms with Crippen LogP contribution in [0.2, 0.25) is 0 Å². The van der Waals surface area contributed by atoms with Crippen LogP contribution < -0.4 is 15.8 Å². The maximum Gasteiger partial charge on any atom is 0.296 e. The van der Waals surface area contributed by atoms with Gasteiger partial charge in [0, 0.05) is 18.5 Å². The van der Waals surface area contributed by atoms with Crippen LogP contribution in [0.3, 0.4) is 0 Å². The third-order valence-corrected chi connectivity index (χ3v) is 7.36. The van der Waals surface area contributed by atoms with Crippen LogP contribution in [0.5, 0.6) is 0 Å². The van der Waals surface area contributed by atoms with Crippen molar-refractivity contribution in [2.24, 2.45) is 12.0 Å². The predicted molar refractivity (Wildman–Crippen MR) is 139 cm³/mol. The molecule has 0 bridgehead atoms. The summed E-state index contributed by atoms with van der Waals surface area (Å²) in [6.45, 7) is 6.11. The van der Waals surface area contributed by atoms with Gasteiger partial charge >= 0.3 is 0 Å².